The largest absolute Gasteiger partial charge is 0.383 e. The second kappa shape index (κ2) is 5.91. The molecule has 1 aliphatic rings. The smallest absolute Gasteiger partial charge is 0.140 e. The van der Waals surface area contributed by atoms with Gasteiger partial charge >= 0.3 is 0 Å². The third-order valence-corrected chi connectivity index (χ3v) is 4.38. The molecule has 1 aromatic rings. The van der Waals surface area contributed by atoms with E-state index < -0.39 is 0 Å². The minimum atomic E-state index is -0.0181. The van der Waals surface area contributed by atoms with Crippen LogP contribution in [0.3, 0.4) is 0 Å². The van der Waals surface area contributed by atoms with Crippen molar-refractivity contribution in [1.29, 1.82) is 0 Å². The van der Waals surface area contributed by atoms with E-state index in [4.69, 9.17) is 15.5 Å². The maximum absolute atomic E-state index is 6.02. The minimum Gasteiger partial charge on any atom is -0.383 e. The van der Waals surface area contributed by atoms with Gasteiger partial charge in [-0.05, 0) is 41.9 Å². The molecule has 1 atom stereocenters. The number of hydrogen-bond donors (Lipinski definition) is 1. The van der Waals surface area contributed by atoms with Gasteiger partial charge in [-0.15, -0.1) is 0 Å². The highest BCUT2D eigenvalue weighted by molar-refractivity contribution is 14.1. The van der Waals surface area contributed by atoms with Crippen molar-refractivity contribution < 1.29 is 4.74 Å². The molecule has 5 heteroatoms. The number of nitrogens with zero attached hydrogens (tertiary/aromatic N) is 2. The van der Waals surface area contributed by atoms with E-state index >= 15 is 0 Å². The highest BCUT2D eigenvalue weighted by Gasteiger charge is 2.23. The lowest BCUT2D eigenvalue weighted by Crippen LogP contribution is -2.25. The summed E-state index contributed by atoms with van der Waals surface area (Å²) in [7, 11) is 0. The summed E-state index contributed by atoms with van der Waals surface area (Å²) >= 11 is 2.24. The average Bonchev–Trinajstić information content (AvgIpc) is 2.33. The summed E-state index contributed by atoms with van der Waals surface area (Å²) in [4.78, 5) is 9.14. The fourth-order valence-corrected chi connectivity index (χ4v) is 3.32. The fourth-order valence-electron chi connectivity index (χ4n) is 2.27. The van der Waals surface area contributed by atoms with Crippen LogP contribution in [0.4, 0.5) is 5.82 Å². The van der Waals surface area contributed by atoms with Crippen molar-refractivity contribution in [3.63, 3.8) is 0 Å². The van der Waals surface area contributed by atoms with Crippen molar-refractivity contribution in [3.8, 4) is 0 Å². The Morgan fingerprint density at radius 2 is 2.05 bits per heavy atom. The molecule has 4 nitrogen and oxygen atoms in total. The molecule has 1 aromatic heterocycles. The Labute approximate surface area is 128 Å². The Hall–Kier alpha value is -0.430. The first kappa shape index (κ1) is 15.0. The molecular weight excluding hydrogens is 353 g/mol. The molecule has 0 radical (unpaired) electrons. The summed E-state index contributed by atoms with van der Waals surface area (Å²) in [5, 5.41) is 0. The summed E-state index contributed by atoms with van der Waals surface area (Å²) in [6.45, 7) is 7.31. The van der Waals surface area contributed by atoms with E-state index in [1.807, 2.05) is 0 Å². The molecule has 2 N–H and O–H groups in total. The highest BCUT2D eigenvalue weighted by Crippen LogP contribution is 2.28. The van der Waals surface area contributed by atoms with E-state index in [0.29, 0.717) is 5.82 Å². The van der Waals surface area contributed by atoms with Crippen LogP contribution in [0.2, 0.25) is 0 Å². The van der Waals surface area contributed by atoms with E-state index in [-0.39, 0.29) is 11.5 Å². The van der Waals surface area contributed by atoms with E-state index in [9.17, 15) is 0 Å². The molecule has 1 unspecified atom stereocenters. The van der Waals surface area contributed by atoms with Crippen molar-refractivity contribution in [1.82, 2.24) is 9.97 Å². The lowest BCUT2D eigenvalue weighted by molar-refractivity contribution is 0.0156. The summed E-state index contributed by atoms with van der Waals surface area (Å²) in [6, 6.07) is 0. The molecule has 2 rings (SSSR count). The van der Waals surface area contributed by atoms with Gasteiger partial charge in [0.2, 0.25) is 0 Å². The SMILES string of the molecule is CC(C)(C)c1nc(CC2CCCCO2)nc(N)c1I. The quantitative estimate of drug-likeness (QED) is 0.808. The lowest BCUT2D eigenvalue weighted by atomic mass is 9.91. The van der Waals surface area contributed by atoms with Crippen LogP contribution >= 0.6 is 22.6 Å². The van der Waals surface area contributed by atoms with Crippen LogP contribution in [0.15, 0.2) is 0 Å². The first-order valence-electron chi connectivity index (χ1n) is 6.82. The van der Waals surface area contributed by atoms with Crippen LogP contribution in [-0.2, 0) is 16.6 Å². The molecule has 106 valence electrons. The molecule has 1 aliphatic heterocycles. The van der Waals surface area contributed by atoms with Gasteiger partial charge in [0.1, 0.15) is 11.6 Å². The number of halogens is 1. The molecule has 0 amide bonds. The Balaban J connectivity index is 2.23. The second-order valence-corrected chi connectivity index (χ2v) is 7.21. The number of ether oxygens (including phenoxy) is 1. The monoisotopic (exact) mass is 375 g/mol. The van der Waals surface area contributed by atoms with Gasteiger partial charge in [0.15, 0.2) is 0 Å². The Morgan fingerprint density at radius 3 is 2.63 bits per heavy atom. The van der Waals surface area contributed by atoms with Crippen LogP contribution in [0.1, 0.15) is 51.6 Å². The molecule has 0 aliphatic carbocycles. The number of anilines is 1. The number of nitrogen functional groups attached to an aromatic ring is 1. The van der Waals surface area contributed by atoms with E-state index in [2.05, 4.69) is 48.3 Å². The van der Waals surface area contributed by atoms with Gasteiger partial charge in [0.25, 0.3) is 0 Å². The third kappa shape index (κ3) is 3.78. The van der Waals surface area contributed by atoms with Gasteiger partial charge in [-0.3, -0.25) is 0 Å². The van der Waals surface area contributed by atoms with Gasteiger partial charge in [-0.1, -0.05) is 20.8 Å². The third-order valence-electron chi connectivity index (χ3n) is 3.32. The molecule has 1 saturated heterocycles. The molecular formula is C14H22IN3O. The van der Waals surface area contributed by atoms with Gasteiger partial charge < -0.3 is 10.5 Å². The normalized spacial score (nSPS) is 20.5. The molecule has 0 aromatic carbocycles. The van der Waals surface area contributed by atoms with Crippen molar-refractivity contribution in [3.05, 3.63) is 15.1 Å². The molecule has 0 bridgehead atoms. The zero-order valence-electron chi connectivity index (χ0n) is 11.9. The van der Waals surface area contributed by atoms with Gasteiger partial charge in [0, 0.05) is 18.4 Å². The summed E-state index contributed by atoms with van der Waals surface area (Å²) in [6.07, 6.45) is 4.52. The molecule has 19 heavy (non-hydrogen) atoms. The van der Waals surface area contributed by atoms with Crippen LogP contribution < -0.4 is 5.73 Å². The first-order valence-corrected chi connectivity index (χ1v) is 7.90. The van der Waals surface area contributed by atoms with Crippen LogP contribution in [0.25, 0.3) is 0 Å². The highest BCUT2D eigenvalue weighted by atomic mass is 127. The van der Waals surface area contributed by atoms with Crippen molar-refractivity contribution >= 4 is 28.4 Å². The Bertz CT molecular complexity index is 451. The van der Waals surface area contributed by atoms with E-state index in [1.54, 1.807) is 0 Å². The van der Waals surface area contributed by atoms with Crippen molar-refractivity contribution in [2.24, 2.45) is 0 Å². The first-order chi connectivity index (χ1) is 8.88. The second-order valence-electron chi connectivity index (χ2n) is 6.13. The predicted molar refractivity (Wildman–Crippen MR) is 85.2 cm³/mol. The zero-order chi connectivity index (χ0) is 14.0. The van der Waals surface area contributed by atoms with Crippen LogP contribution in [0, 0.1) is 3.57 Å². The number of rotatable bonds is 2. The topological polar surface area (TPSA) is 61.0 Å². The predicted octanol–water partition coefficient (Wildman–Crippen LogP) is 3.07. The molecule has 0 saturated carbocycles. The summed E-state index contributed by atoms with van der Waals surface area (Å²) in [5.74, 6) is 1.40. The summed E-state index contributed by atoms with van der Waals surface area (Å²) in [5.41, 5.74) is 7.04. The van der Waals surface area contributed by atoms with Crippen molar-refractivity contribution in [2.75, 3.05) is 12.3 Å². The minimum absolute atomic E-state index is 0.0181. The van der Waals surface area contributed by atoms with E-state index in [0.717, 1.165) is 34.5 Å². The molecule has 0 spiro atoms. The van der Waals surface area contributed by atoms with Crippen LogP contribution in [-0.4, -0.2) is 22.7 Å². The Morgan fingerprint density at radius 1 is 1.32 bits per heavy atom. The lowest BCUT2D eigenvalue weighted by Gasteiger charge is -2.24. The Kier molecular flexibility index (Phi) is 4.66. The van der Waals surface area contributed by atoms with Crippen LogP contribution in [0.5, 0.6) is 0 Å². The fraction of sp³-hybridized carbons (Fsp3) is 0.714. The van der Waals surface area contributed by atoms with Gasteiger partial charge in [-0.2, -0.15) is 0 Å². The summed E-state index contributed by atoms with van der Waals surface area (Å²) < 4.78 is 6.73. The molecule has 2 heterocycles. The average molecular weight is 375 g/mol. The molecule has 1 fully saturated rings. The number of nitrogens with two attached hydrogens (primary N) is 1. The number of aromatic nitrogens is 2. The van der Waals surface area contributed by atoms with Crippen molar-refractivity contribution in [2.45, 2.75) is 58.0 Å². The standard InChI is InChI=1S/C14H22IN3O/c1-14(2,3)12-11(15)13(16)18-10(17-12)8-9-6-4-5-7-19-9/h9H,4-8H2,1-3H3,(H2,16,17,18). The zero-order valence-corrected chi connectivity index (χ0v) is 14.0. The van der Waals surface area contributed by atoms with Gasteiger partial charge in [0.05, 0.1) is 15.4 Å². The number of hydrogen-bond acceptors (Lipinski definition) is 4. The maximum atomic E-state index is 6.02. The maximum Gasteiger partial charge on any atom is 0.140 e. The van der Waals surface area contributed by atoms with E-state index in [1.165, 1.54) is 12.8 Å². The van der Waals surface area contributed by atoms with Gasteiger partial charge in [-0.25, -0.2) is 9.97 Å².